The molecule has 1 aromatic heterocycles. The summed E-state index contributed by atoms with van der Waals surface area (Å²) in [6.45, 7) is 7.08. The van der Waals surface area contributed by atoms with Gasteiger partial charge in [-0.3, -0.25) is 0 Å². The molecule has 3 N–H and O–H groups in total. The number of nitrogens with one attached hydrogen (secondary N) is 1. The van der Waals surface area contributed by atoms with E-state index in [1.807, 2.05) is 20.8 Å². The molecule has 0 aliphatic heterocycles. The van der Waals surface area contributed by atoms with E-state index >= 15 is 0 Å². The van der Waals surface area contributed by atoms with Gasteiger partial charge in [0.2, 0.25) is 0 Å². The molecule has 0 radical (unpaired) electrons. The molecule has 74 valence electrons. The molecule has 0 saturated heterocycles. The second kappa shape index (κ2) is 3.89. The van der Waals surface area contributed by atoms with E-state index in [4.69, 9.17) is 10.5 Å². The predicted octanol–water partition coefficient (Wildman–Crippen LogP) is 1.14. The fourth-order valence-corrected chi connectivity index (χ4v) is 1.20. The van der Waals surface area contributed by atoms with Crippen molar-refractivity contribution in [2.24, 2.45) is 5.73 Å². The Morgan fingerprint density at radius 1 is 1.62 bits per heavy atom. The Morgan fingerprint density at radius 3 is 2.77 bits per heavy atom. The Kier molecular flexibility index (Phi) is 3.06. The number of hydrogen-bond acceptors (Lipinski definition) is 3. The third-order valence-electron chi connectivity index (χ3n) is 1.92. The van der Waals surface area contributed by atoms with E-state index in [1.165, 1.54) is 0 Å². The number of aromatic nitrogens is 2. The van der Waals surface area contributed by atoms with Crippen LogP contribution in [0, 0.1) is 0 Å². The molecular weight excluding hydrogens is 166 g/mol. The van der Waals surface area contributed by atoms with E-state index in [0.29, 0.717) is 13.2 Å². The summed E-state index contributed by atoms with van der Waals surface area (Å²) in [5, 5.41) is 0. The third kappa shape index (κ3) is 2.29. The fraction of sp³-hybridized carbons (Fsp3) is 0.667. The first kappa shape index (κ1) is 10.2. The van der Waals surface area contributed by atoms with Gasteiger partial charge in [-0.05, 0) is 20.8 Å². The zero-order valence-electron chi connectivity index (χ0n) is 8.42. The van der Waals surface area contributed by atoms with E-state index < -0.39 is 0 Å². The Hall–Kier alpha value is -0.870. The van der Waals surface area contributed by atoms with Crippen LogP contribution in [-0.4, -0.2) is 16.6 Å². The lowest BCUT2D eigenvalue weighted by molar-refractivity contribution is -0.0202. The van der Waals surface area contributed by atoms with Crippen molar-refractivity contribution in [1.82, 2.24) is 9.97 Å². The van der Waals surface area contributed by atoms with Gasteiger partial charge in [-0.15, -0.1) is 0 Å². The highest BCUT2D eigenvalue weighted by Gasteiger charge is 2.23. The molecule has 4 nitrogen and oxygen atoms in total. The molecule has 0 unspecified atom stereocenters. The normalized spacial score (nSPS) is 12.0. The molecule has 1 heterocycles. The van der Waals surface area contributed by atoms with Crippen LogP contribution in [0.2, 0.25) is 0 Å². The number of H-pyrrole nitrogens is 1. The van der Waals surface area contributed by atoms with Gasteiger partial charge in [0, 0.05) is 25.0 Å². The lowest BCUT2D eigenvalue weighted by Gasteiger charge is -2.21. The van der Waals surface area contributed by atoms with E-state index in [0.717, 1.165) is 11.5 Å². The Balaban J connectivity index is 2.80. The summed E-state index contributed by atoms with van der Waals surface area (Å²) in [4.78, 5) is 7.34. The summed E-state index contributed by atoms with van der Waals surface area (Å²) in [6.07, 6.45) is 1.75. The van der Waals surface area contributed by atoms with E-state index in [1.54, 1.807) is 6.20 Å². The molecule has 1 rings (SSSR count). The molecule has 0 aliphatic carbocycles. The lowest BCUT2D eigenvalue weighted by atomic mass is 10.1. The summed E-state index contributed by atoms with van der Waals surface area (Å²) in [6, 6.07) is 0. The molecule has 0 amide bonds. The van der Waals surface area contributed by atoms with Crippen molar-refractivity contribution in [2.45, 2.75) is 32.9 Å². The van der Waals surface area contributed by atoms with Gasteiger partial charge in [0.25, 0.3) is 0 Å². The first-order chi connectivity index (χ1) is 6.10. The van der Waals surface area contributed by atoms with Crippen molar-refractivity contribution >= 4 is 0 Å². The van der Waals surface area contributed by atoms with Gasteiger partial charge >= 0.3 is 0 Å². The highest BCUT2D eigenvalue weighted by Crippen LogP contribution is 2.21. The molecule has 4 heteroatoms. The summed E-state index contributed by atoms with van der Waals surface area (Å²) >= 11 is 0. The summed E-state index contributed by atoms with van der Waals surface area (Å²) in [5.74, 6) is 0.829. The smallest absolute Gasteiger partial charge is 0.138 e. The zero-order valence-corrected chi connectivity index (χ0v) is 8.42. The Morgan fingerprint density at radius 2 is 2.31 bits per heavy atom. The largest absolute Gasteiger partial charge is 0.368 e. The van der Waals surface area contributed by atoms with Gasteiger partial charge in [0.1, 0.15) is 11.4 Å². The van der Waals surface area contributed by atoms with Gasteiger partial charge in [0.15, 0.2) is 0 Å². The highest BCUT2D eigenvalue weighted by atomic mass is 16.5. The second-order valence-electron chi connectivity index (χ2n) is 3.40. The number of rotatable bonds is 4. The number of imidazole rings is 1. The van der Waals surface area contributed by atoms with E-state index in [-0.39, 0.29) is 5.60 Å². The molecule has 0 aliphatic rings. The van der Waals surface area contributed by atoms with Crippen molar-refractivity contribution in [2.75, 3.05) is 6.61 Å². The Labute approximate surface area is 78.5 Å². The monoisotopic (exact) mass is 183 g/mol. The Bertz CT molecular complexity index is 268. The molecule has 0 aromatic carbocycles. The van der Waals surface area contributed by atoms with Crippen LogP contribution in [0.15, 0.2) is 6.20 Å². The van der Waals surface area contributed by atoms with E-state index in [2.05, 4.69) is 9.97 Å². The van der Waals surface area contributed by atoms with Crippen molar-refractivity contribution in [3.05, 3.63) is 17.7 Å². The zero-order chi connectivity index (χ0) is 9.90. The average Bonchev–Trinajstić information content (AvgIpc) is 2.52. The minimum absolute atomic E-state index is 0.359. The number of hydrogen-bond donors (Lipinski definition) is 2. The molecular formula is C9H17N3O. The van der Waals surface area contributed by atoms with Crippen molar-refractivity contribution in [1.29, 1.82) is 0 Å². The molecule has 0 saturated carbocycles. The summed E-state index contributed by atoms with van der Waals surface area (Å²) in [7, 11) is 0. The fourth-order valence-electron chi connectivity index (χ4n) is 1.20. The van der Waals surface area contributed by atoms with Crippen molar-refractivity contribution < 1.29 is 4.74 Å². The number of nitrogens with two attached hydrogens (primary N) is 1. The van der Waals surface area contributed by atoms with Crippen LogP contribution >= 0.6 is 0 Å². The first-order valence-electron chi connectivity index (χ1n) is 4.48. The number of ether oxygens (including phenoxy) is 1. The van der Waals surface area contributed by atoms with Crippen LogP contribution < -0.4 is 5.73 Å². The molecule has 0 fully saturated rings. The topological polar surface area (TPSA) is 63.9 Å². The molecule has 1 aromatic rings. The lowest BCUT2D eigenvalue weighted by Crippen LogP contribution is -2.23. The third-order valence-corrected chi connectivity index (χ3v) is 1.92. The van der Waals surface area contributed by atoms with Crippen LogP contribution in [0.5, 0.6) is 0 Å². The van der Waals surface area contributed by atoms with Crippen molar-refractivity contribution in [3.63, 3.8) is 0 Å². The molecule has 0 spiro atoms. The standard InChI is InChI=1S/C9H17N3O/c1-4-13-9(2,3)8-11-6-7(5-10)12-8/h6H,4-5,10H2,1-3H3,(H,11,12). The van der Waals surface area contributed by atoms with Gasteiger partial charge in [-0.25, -0.2) is 4.98 Å². The van der Waals surface area contributed by atoms with Crippen LogP contribution in [0.3, 0.4) is 0 Å². The summed E-state index contributed by atoms with van der Waals surface area (Å²) < 4.78 is 5.54. The van der Waals surface area contributed by atoms with Gasteiger partial charge < -0.3 is 15.5 Å². The highest BCUT2D eigenvalue weighted by molar-refractivity contribution is 5.06. The quantitative estimate of drug-likeness (QED) is 0.735. The molecule has 13 heavy (non-hydrogen) atoms. The SMILES string of the molecule is CCOC(C)(C)c1ncc(CN)[nH]1. The average molecular weight is 183 g/mol. The summed E-state index contributed by atoms with van der Waals surface area (Å²) in [5.41, 5.74) is 6.04. The van der Waals surface area contributed by atoms with Gasteiger partial charge in [-0.1, -0.05) is 0 Å². The first-order valence-corrected chi connectivity index (χ1v) is 4.48. The van der Waals surface area contributed by atoms with E-state index in [9.17, 15) is 0 Å². The number of aromatic amines is 1. The van der Waals surface area contributed by atoms with Crippen LogP contribution in [0.4, 0.5) is 0 Å². The maximum absolute atomic E-state index is 5.54. The predicted molar refractivity (Wildman–Crippen MR) is 51.1 cm³/mol. The number of nitrogens with zero attached hydrogens (tertiary/aromatic N) is 1. The minimum atomic E-state index is -0.359. The van der Waals surface area contributed by atoms with Crippen LogP contribution in [-0.2, 0) is 16.9 Å². The second-order valence-corrected chi connectivity index (χ2v) is 3.40. The minimum Gasteiger partial charge on any atom is -0.368 e. The van der Waals surface area contributed by atoms with Gasteiger partial charge in [0.05, 0.1) is 0 Å². The maximum atomic E-state index is 5.54. The van der Waals surface area contributed by atoms with Gasteiger partial charge in [-0.2, -0.15) is 0 Å². The van der Waals surface area contributed by atoms with Crippen LogP contribution in [0.1, 0.15) is 32.3 Å². The van der Waals surface area contributed by atoms with Crippen LogP contribution in [0.25, 0.3) is 0 Å². The maximum Gasteiger partial charge on any atom is 0.138 e. The van der Waals surface area contributed by atoms with Crippen molar-refractivity contribution in [3.8, 4) is 0 Å². The molecule has 0 atom stereocenters. The molecule has 0 bridgehead atoms.